The fraction of sp³-hybridized carbons (Fsp3) is 0.833. The van der Waals surface area contributed by atoms with E-state index in [1.54, 1.807) is 0 Å². The molecule has 1 aliphatic heterocycles. The fourth-order valence-corrected chi connectivity index (χ4v) is 1.72. The van der Waals surface area contributed by atoms with Crippen molar-refractivity contribution in [3.05, 3.63) is 0 Å². The summed E-state index contributed by atoms with van der Waals surface area (Å²) in [7, 11) is -4.95. The van der Waals surface area contributed by atoms with E-state index in [9.17, 15) is 18.3 Å². The van der Waals surface area contributed by atoms with E-state index < -0.39 is 47.4 Å². The molecule has 0 radical (unpaired) electrons. The van der Waals surface area contributed by atoms with Crippen molar-refractivity contribution >= 4 is 16.4 Å². The molecule has 0 aromatic rings. The number of hydrogen-bond acceptors (Lipinski definition) is 8. The van der Waals surface area contributed by atoms with Gasteiger partial charge in [0.15, 0.2) is 12.2 Å². The van der Waals surface area contributed by atoms with E-state index in [0.717, 1.165) is 0 Å². The molecule has 1 fully saturated rings. The highest BCUT2D eigenvalue weighted by Gasteiger charge is 2.47. The van der Waals surface area contributed by atoms with Crippen LogP contribution < -0.4 is 0 Å². The molecule has 1 saturated heterocycles. The topological polar surface area (TPSA) is 151 Å². The largest absolute Gasteiger partial charge is 0.455 e. The maximum atomic E-state index is 11.0. The van der Waals surface area contributed by atoms with Crippen molar-refractivity contribution in [2.45, 2.75) is 24.4 Å². The second kappa shape index (κ2) is 4.61. The van der Waals surface area contributed by atoms with Gasteiger partial charge in [-0.1, -0.05) is 0 Å². The Morgan fingerprint density at radius 2 is 1.94 bits per heavy atom. The smallest absolute Gasteiger partial charge is 0.397 e. The van der Waals surface area contributed by atoms with Crippen molar-refractivity contribution in [3.8, 4) is 0 Å². The van der Waals surface area contributed by atoms with Crippen molar-refractivity contribution in [2.75, 3.05) is 6.61 Å². The Hall–Kier alpha value is -0.780. The van der Waals surface area contributed by atoms with Crippen LogP contribution in [0.1, 0.15) is 0 Å². The number of rotatable bonds is 3. The predicted octanol–water partition coefficient (Wildman–Crippen LogP) is -3.19. The van der Waals surface area contributed by atoms with Gasteiger partial charge < -0.3 is 20.1 Å². The number of carbonyl (C=O) groups is 1. The van der Waals surface area contributed by atoms with E-state index in [1.807, 2.05) is 0 Å². The van der Waals surface area contributed by atoms with Crippen LogP contribution in [0.2, 0.25) is 0 Å². The Morgan fingerprint density at radius 3 is 2.38 bits per heavy atom. The second-order valence-corrected chi connectivity index (χ2v) is 4.13. The van der Waals surface area contributed by atoms with E-state index in [4.69, 9.17) is 14.8 Å². The lowest BCUT2D eigenvalue weighted by atomic mass is 10.0. The summed E-state index contributed by atoms with van der Waals surface area (Å²) < 4.78 is 37.4. The summed E-state index contributed by atoms with van der Waals surface area (Å²) in [6.45, 7) is -0.787. The van der Waals surface area contributed by atoms with Crippen LogP contribution in [0.25, 0.3) is 0 Å². The normalized spacial score (nSPS) is 35.9. The quantitative estimate of drug-likeness (QED) is 0.303. The number of hydrogen-bond donors (Lipinski definition) is 4. The molecule has 1 aliphatic rings. The van der Waals surface area contributed by atoms with Crippen molar-refractivity contribution in [1.29, 1.82) is 0 Å². The molecule has 0 aromatic carbocycles. The molecule has 10 heteroatoms. The van der Waals surface area contributed by atoms with Crippen molar-refractivity contribution in [2.24, 2.45) is 0 Å². The number of cyclic esters (lactones) is 1. The van der Waals surface area contributed by atoms with Gasteiger partial charge >= 0.3 is 16.4 Å². The third-order valence-corrected chi connectivity index (χ3v) is 2.42. The average Bonchev–Trinajstić information content (AvgIpc) is 2.17. The fourth-order valence-electron chi connectivity index (χ4n) is 1.22. The predicted molar refractivity (Wildman–Crippen MR) is 45.4 cm³/mol. The van der Waals surface area contributed by atoms with Crippen LogP contribution in [0.5, 0.6) is 0 Å². The first kappa shape index (κ1) is 13.3. The third kappa shape index (κ3) is 2.87. The summed E-state index contributed by atoms with van der Waals surface area (Å²) in [5.41, 5.74) is 0. The van der Waals surface area contributed by atoms with E-state index in [2.05, 4.69) is 8.92 Å². The van der Waals surface area contributed by atoms with Gasteiger partial charge in [-0.2, -0.15) is 8.42 Å². The first-order chi connectivity index (χ1) is 7.26. The van der Waals surface area contributed by atoms with Gasteiger partial charge in [-0.3, -0.25) is 4.55 Å². The van der Waals surface area contributed by atoms with Gasteiger partial charge in [0.1, 0.15) is 12.2 Å². The van der Waals surface area contributed by atoms with Crippen LogP contribution in [0, 0.1) is 0 Å². The SMILES string of the molecule is O=C1O[C@H](CO)[C@H](O)[C@H](OS(=O)(=O)O)[C@H]1O. The van der Waals surface area contributed by atoms with Gasteiger partial charge in [-0.25, -0.2) is 8.98 Å². The monoisotopic (exact) mass is 258 g/mol. The van der Waals surface area contributed by atoms with Gasteiger partial charge in [0.05, 0.1) is 6.61 Å². The lowest BCUT2D eigenvalue weighted by molar-refractivity contribution is -0.202. The standard InChI is InChI=1S/C6H10O9S/c7-1-2-3(8)5(15-16(11,12)13)4(9)6(10)14-2/h2-5,7-9H,1H2,(H,11,12,13)/t2-,3+,4-,5+/m1/s1. The van der Waals surface area contributed by atoms with E-state index in [0.29, 0.717) is 0 Å². The van der Waals surface area contributed by atoms with Gasteiger partial charge in [-0.15, -0.1) is 0 Å². The molecule has 0 unspecified atom stereocenters. The van der Waals surface area contributed by atoms with E-state index in [-0.39, 0.29) is 0 Å². The Labute approximate surface area is 90.2 Å². The van der Waals surface area contributed by atoms with Crippen LogP contribution in [0.3, 0.4) is 0 Å². The Morgan fingerprint density at radius 1 is 1.38 bits per heavy atom. The molecule has 0 bridgehead atoms. The number of esters is 1. The number of carbonyl (C=O) groups excluding carboxylic acids is 1. The van der Waals surface area contributed by atoms with Crippen LogP contribution in [-0.4, -0.2) is 65.3 Å². The first-order valence-electron chi connectivity index (χ1n) is 4.09. The summed E-state index contributed by atoms with van der Waals surface area (Å²) in [6, 6.07) is 0. The molecule has 0 spiro atoms. The highest BCUT2D eigenvalue weighted by atomic mass is 32.3. The molecule has 16 heavy (non-hydrogen) atoms. The van der Waals surface area contributed by atoms with E-state index in [1.165, 1.54) is 0 Å². The van der Waals surface area contributed by atoms with Gasteiger partial charge in [0.25, 0.3) is 0 Å². The van der Waals surface area contributed by atoms with Crippen molar-refractivity contribution < 1.29 is 42.0 Å². The number of ether oxygens (including phenoxy) is 1. The summed E-state index contributed by atoms with van der Waals surface area (Å²) in [4.78, 5) is 11.0. The maximum Gasteiger partial charge on any atom is 0.397 e. The minimum Gasteiger partial charge on any atom is -0.455 e. The highest BCUT2D eigenvalue weighted by molar-refractivity contribution is 7.80. The minimum absolute atomic E-state index is 0.787. The molecule has 0 amide bonds. The van der Waals surface area contributed by atoms with Crippen molar-refractivity contribution in [1.82, 2.24) is 0 Å². The Balaban J connectivity index is 2.89. The van der Waals surface area contributed by atoms with Crippen LogP contribution in [0.15, 0.2) is 0 Å². The molecule has 4 atom stereocenters. The van der Waals surface area contributed by atoms with Crippen LogP contribution in [0.4, 0.5) is 0 Å². The number of aliphatic hydroxyl groups is 3. The van der Waals surface area contributed by atoms with E-state index >= 15 is 0 Å². The maximum absolute atomic E-state index is 11.0. The minimum atomic E-state index is -4.95. The molecule has 0 aromatic heterocycles. The summed E-state index contributed by atoms with van der Waals surface area (Å²) in [5, 5.41) is 27.2. The van der Waals surface area contributed by atoms with Crippen LogP contribution in [-0.2, 0) is 24.1 Å². The lowest BCUT2D eigenvalue weighted by Gasteiger charge is -2.34. The summed E-state index contributed by atoms with van der Waals surface area (Å²) >= 11 is 0. The zero-order chi connectivity index (χ0) is 12.5. The van der Waals surface area contributed by atoms with Crippen LogP contribution >= 0.6 is 0 Å². The Kier molecular flexibility index (Phi) is 3.83. The zero-order valence-electron chi connectivity index (χ0n) is 7.75. The lowest BCUT2D eigenvalue weighted by Crippen LogP contribution is -2.58. The molecule has 1 rings (SSSR count). The molecule has 4 N–H and O–H groups in total. The highest BCUT2D eigenvalue weighted by Crippen LogP contribution is 2.20. The van der Waals surface area contributed by atoms with Gasteiger partial charge in [0, 0.05) is 0 Å². The zero-order valence-corrected chi connectivity index (χ0v) is 8.57. The Bertz CT molecular complexity index is 362. The molecule has 0 saturated carbocycles. The molecular formula is C6H10O9S. The third-order valence-electron chi connectivity index (χ3n) is 1.95. The molecule has 1 heterocycles. The van der Waals surface area contributed by atoms with Crippen molar-refractivity contribution in [3.63, 3.8) is 0 Å². The van der Waals surface area contributed by atoms with Gasteiger partial charge in [-0.05, 0) is 0 Å². The molecule has 94 valence electrons. The molecule has 9 nitrogen and oxygen atoms in total. The summed E-state index contributed by atoms with van der Waals surface area (Å²) in [6.07, 6.45) is -7.20. The number of aliphatic hydroxyl groups excluding tert-OH is 3. The van der Waals surface area contributed by atoms with Gasteiger partial charge in [0.2, 0.25) is 0 Å². The second-order valence-electron chi connectivity index (χ2n) is 3.08. The first-order valence-corrected chi connectivity index (χ1v) is 5.46. The molecular weight excluding hydrogens is 248 g/mol. The summed E-state index contributed by atoms with van der Waals surface area (Å²) in [5.74, 6) is -1.27. The average molecular weight is 258 g/mol. The molecule has 0 aliphatic carbocycles.